The summed E-state index contributed by atoms with van der Waals surface area (Å²) in [6.45, 7) is 6.23. The van der Waals surface area contributed by atoms with Crippen molar-refractivity contribution in [2.45, 2.75) is 63.2 Å². The van der Waals surface area contributed by atoms with Crippen molar-refractivity contribution in [2.75, 3.05) is 33.6 Å². The van der Waals surface area contributed by atoms with E-state index in [4.69, 9.17) is 16.2 Å². The highest BCUT2D eigenvalue weighted by atomic mass is 28.4. The minimum absolute atomic E-state index is 0.0418. The zero-order valence-electron chi connectivity index (χ0n) is 31.5. The lowest BCUT2D eigenvalue weighted by atomic mass is 9.82. The van der Waals surface area contributed by atoms with Gasteiger partial charge in [-0.1, -0.05) is 24.3 Å². The molecular weight excluding hydrogens is 729 g/mol. The predicted octanol–water partition coefficient (Wildman–Crippen LogP) is 4.92. The third kappa shape index (κ3) is 7.53. The maximum atomic E-state index is 15.1. The summed E-state index contributed by atoms with van der Waals surface area (Å²) in [5, 5.41) is 23.6. The standard InChI is InChI=1S/C41H46N8O6Si/c1-25-37(56(2,3)54)36(17-19-48-24-33(18-20-50)46-47-48)55-41(25)34-22-32(45-39(52)28-9-13-30(43)14-10-28)15-16-35(34)49(40(41)53)23-26-5-4-6-31(21-26)44-38(51)27-7-11-29(42)12-8-27/h4-16,21-22,24-25,36-37,50,54H,17-20,23,42-43H2,1-3H3,(H,44,51)(H,45,52)/t25-,36+,37-,41+/m0/s1. The van der Waals surface area contributed by atoms with Crippen molar-refractivity contribution in [3.8, 4) is 0 Å². The highest BCUT2D eigenvalue weighted by Crippen LogP contribution is 2.60. The van der Waals surface area contributed by atoms with E-state index in [0.29, 0.717) is 70.2 Å². The van der Waals surface area contributed by atoms with E-state index in [-0.39, 0.29) is 36.4 Å². The molecule has 15 heteroatoms. The molecule has 2 aliphatic heterocycles. The Morgan fingerprint density at radius 2 is 1.54 bits per heavy atom. The summed E-state index contributed by atoms with van der Waals surface area (Å²) in [7, 11) is -2.98. The first-order chi connectivity index (χ1) is 26.8. The highest BCUT2D eigenvalue weighted by molar-refractivity contribution is 6.71. The van der Waals surface area contributed by atoms with Gasteiger partial charge in [0.1, 0.15) is 0 Å². The van der Waals surface area contributed by atoms with Crippen molar-refractivity contribution >= 4 is 54.5 Å². The molecule has 3 amide bonds. The second-order valence-corrected chi connectivity index (χ2v) is 19.0. The number of aliphatic hydroxyl groups is 1. The molecule has 0 unspecified atom stereocenters. The van der Waals surface area contributed by atoms with Crippen LogP contribution in [0.3, 0.4) is 0 Å². The third-order valence-electron chi connectivity index (χ3n) is 10.7. The zero-order chi connectivity index (χ0) is 39.8. The van der Waals surface area contributed by atoms with Crippen molar-refractivity contribution in [1.82, 2.24) is 15.0 Å². The fraction of sp³-hybridized carbons (Fsp3) is 0.293. The molecule has 1 fully saturated rings. The SMILES string of the molecule is C[C@H]1[C@H]([Si](C)(C)O)[C@@H](CCn2cc(CCO)nn2)O[C@]12C(=O)N(Cc1cccc(NC(=O)c3ccc(N)cc3)c1)c1ccc(NC(=O)c3ccc(N)cc3)cc12. The summed E-state index contributed by atoms with van der Waals surface area (Å²) < 4.78 is 8.71. The van der Waals surface area contributed by atoms with E-state index in [1.165, 1.54) is 0 Å². The van der Waals surface area contributed by atoms with E-state index in [0.717, 1.165) is 5.56 Å². The Hall–Kier alpha value is -5.87. The number of aromatic nitrogens is 3. The van der Waals surface area contributed by atoms with Gasteiger partial charge in [0.2, 0.25) is 0 Å². The van der Waals surface area contributed by atoms with Crippen LogP contribution in [-0.2, 0) is 34.6 Å². The maximum Gasteiger partial charge on any atom is 0.264 e. The average Bonchev–Trinajstić information content (AvgIpc) is 3.81. The van der Waals surface area contributed by atoms with Crippen LogP contribution < -0.4 is 27.0 Å². The van der Waals surface area contributed by atoms with Crippen LogP contribution in [0.15, 0.2) is 97.2 Å². The number of rotatable bonds is 12. The van der Waals surface area contributed by atoms with Crippen LogP contribution in [-0.4, -0.2) is 63.6 Å². The molecule has 4 atom stereocenters. The predicted molar refractivity (Wildman–Crippen MR) is 216 cm³/mol. The van der Waals surface area contributed by atoms with Crippen LogP contribution in [0.1, 0.15) is 50.9 Å². The minimum atomic E-state index is -2.98. The van der Waals surface area contributed by atoms with Gasteiger partial charge in [0, 0.05) is 76.7 Å². The molecule has 0 aliphatic carbocycles. The van der Waals surface area contributed by atoms with Gasteiger partial charge in [-0.3, -0.25) is 19.1 Å². The molecule has 5 aromatic rings. The Bertz CT molecular complexity index is 2260. The van der Waals surface area contributed by atoms with Gasteiger partial charge in [-0.25, -0.2) is 0 Å². The molecule has 8 N–H and O–H groups in total. The molecule has 4 aromatic carbocycles. The number of benzene rings is 4. The van der Waals surface area contributed by atoms with Crippen molar-refractivity contribution in [3.63, 3.8) is 0 Å². The van der Waals surface area contributed by atoms with Gasteiger partial charge in [-0.2, -0.15) is 0 Å². The lowest BCUT2D eigenvalue weighted by Gasteiger charge is -2.32. The number of nitrogens with two attached hydrogens (primary N) is 2. The first-order valence-corrected chi connectivity index (χ1v) is 21.6. The normalized spacial score (nSPS) is 20.3. The van der Waals surface area contributed by atoms with Crippen molar-refractivity contribution < 1.29 is 29.0 Å². The number of nitrogen functional groups attached to an aromatic ring is 2. The van der Waals surface area contributed by atoms with Crippen LogP contribution in [0.5, 0.6) is 0 Å². The van der Waals surface area contributed by atoms with Crippen molar-refractivity contribution in [3.05, 3.63) is 125 Å². The molecule has 7 rings (SSSR count). The summed E-state index contributed by atoms with van der Waals surface area (Å²) in [4.78, 5) is 55.0. The number of nitrogens with zero attached hydrogens (tertiary/aromatic N) is 4. The number of hydrogen-bond donors (Lipinski definition) is 6. The molecular formula is C41H46N8O6Si. The number of aliphatic hydroxyl groups excluding tert-OH is 1. The van der Waals surface area contributed by atoms with Crippen molar-refractivity contribution in [2.24, 2.45) is 5.92 Å². The fourth-order valence-electron chi connectivity index (χ4n) is 8.12. The van der Waals surface area contributed by atoms with E-state index in [1.807, 2.05) is 44.3 Å². The topological polar surface area (TPSA) is 211 Å². The molecule has 2 aliphatic rings. The lowest BCUT2D eigenvalue weighted by Crippen LogP contribution is -2.46. The summed E-state index contributed by atoms with van der Waals surface area (Å²) in [5.41, 5.74) is 15.4. The van der Waals surface area contributed by atoms with Crippen LogP contribution in [0.25, 0.3) is 0 Å². The molecule has 1 aromatic heterocycles. The van der Waals surface area contributed by atoms with Gasteiger partial charge >= 0.3 is 0 Å². The first-order valence-electron chi connectivity index (χ1n) is 18.6. The van der Waals surface area contributed by atoms with E-state index >= 15 is 4.79 Å². The molecule has 56 heavy (non-hydrogen) atoms. The Balaban J connectivity index is 1.23. The summed E-state index contributed by atoms with van der Waals surface area (Å²) in [6, 6.07) is 25.9. The number of ether oxygens (including phenoxy) is 1. The number of nitrogens with one attached hydrogen (secondary N) is 2. The number of amides is 3. The lowest BCUT2D eigenvalue weighted by molar-refractivity contribution is -0.146. The summed E-state index contributed by atoms with van der Waals surface area (Å²) >= 11 is 0. The molecule has 0 radical (unpaired) electrons. The molecule has 14 nitrogen and oxygen atoms in total. The van der Waals surface area contributed by atoms with Crippen molar-refractivity contribution in [1.29, 1.82) is 0 Å². The fourth-order valence-corrected chi connectivity index (χ4v) is 10.7. The Kier molecular flexibility index (Phi) is 10.5. The van der Waals surface area contributed by atoms with Crippen LogP contribution in [0, 0.1) is 5.92 Å². The molecule has 0 bridgehead atoms. The smallest absolute Gasteiger partial charge is 0.264 e. The van der Waals surface area contributed by atoms with Crippen LogP contribution in [0.2, 0.25) is 18.6 Å². The van der Waals surface area contributed by atoms with Gasteiger partial charge in [0.05, 0.1) is 24.0 Å². The second kappa shape index (κ2) is 15.3. The van der Waals surface area contributed by atoms with Gasteiger partial charge in [0.25, 0.3) is 17.7 Å². The number of carbonyl (C=O) groups excluding carboxylic acids is 3. The number of anilines is 5. The van der Waals surface area contributed by atoms with E-state index in [9.17, 15) is 19.5 Å². The Morgan fingerprint density at radius 3 is 2.14 bits per heavy atom. The number of fused-ring (bicyclic) bond motifs is 2. The zero-order valence-corrected chi connectivity index (χ0v) is 32.5. The molecule has 1 saturated heterocycles. The number of aryl methyl sites for hydroxylation is 1. The van der Waals surface area contributed by atoms with Gasteiger partial charge in [0.15, 0.2) is 13.9 Å². The average molecular weight is 775 g/mol. The van der Waals surface area contributed by atoms with E-state index in [2.05, 4.69) is 20.9 Å². The Labute approximate surface area is 325 Å². The molecule has 290 valence electrons. The van der Waals surface area contributed by atoms with E-state index < -0.39 is 25.9 Å². The molecule has 1 spiro atoms. The Morgan fingerprint density at radius 1 is 0.911 bits per heavy atom. The molecule has 3 heterocycles. The van der Waals surface area contributed by atoms with Gasteiger partial charge in [-0.05, 0) is 104 Å². The largest absolute Gasteiger partial charge is 0.432 e. The van der Waals surface area contributed by atoms with Gasteiger partial charge < -0.3 is 41.6 Å². The monoisotopic (exact) mass is 774 g/mol. The maximum absolute atomic E-state index is 15.1. The number of carbonyl (C=O) groups is 3. The molecule has 0 saturated carbocycles. The van der Waals surface area contributed by atoms with Crippen LogP contribution in [0.4, 0.5) is 28.4 Å². The number of hydrogen-bond acceptors (Lipinski definition) is 10. The highest BCUT2D eigenvalue weighted by Gasteiger charge is 2.66. The van der Waals surface area contributed by atoms with E-state index in [1.54, 1.807) is 82.5 Å². The second-order valence-electron chi connectivity index (χ2n) is 15.1. The van der Waals surface area contributed by atoms with Gasteiger partial charge in [-0.15, -0.1) is 5.10 Å². The summed E-state index contributed by atoms with van der Waals surface area (Å²) in [5.74, 6) is -1.37. The van der Waals surface area contributed by atoms with Crippen LogP contribution >= 0.6 is 0 Å². The minimum Gasteiger partial charge on any atom is -0.432 e. The first kappa shape index (κ1) is 38.4. The third-order valence-corrected chi connectivity index (χ3v) is 13.2. The summed E-state index contributed by atoms with van der Waals surface area (Å²) in [6.07, 6.45) is 2.09. The quantitative estimate of drug-likeness (QED) is 0.0745.